The molecule has 0 fully saturated rings. The Morgan fingerprint density at radius 2 is 2.03 bits per heavy atom. The van der Waals surface area contributed by atoms with Gasteiger partial charge in [0.05, 0.1) is 53.6 Å². The first-order valence-electron chi connectivity index (χ1n) is 9.15. The second kappa shape index (κ2) is 9.82. The van der Waals surface area contributed by atoms with Crippen molar-refractivity contribution in [2.45, 2.75) is 31.0 Å². The Labute approximate surface area is 172 Å². The molecule has 0 saturated carbocycles. The number of methoxy groups -OCH3 is 2. The molecule has 1 aromatic carbocycles. The van der Waals surface area contributed by atoms with E-state index in [9.17, 15) is 4.21 Å². The third-order valence-corrected chi connectivity index (χ3v) is 5.50. The van der Waals surface area contributed by atoms with Gasteiger partial charge in [-0.1, -0.05) is 0 Å². The van der Waals surface area contributed by atoms with Crippen LogP contribution in [-0.4, -0.2) is 52.9 Å². The van der Waals surface area contributed by atoms with E-state index < -0.39 is 17.1 Å². The highest BCUT2D eigenvalue weighted by Gasteiger charge is 2.16. The molecule has 156 valence electrons. The second-order valence-corrected chi connectivity index (χ2v) is 7.71. The highest BCUT2D eigenvalue weighted by Crippen LogP contribution is 2.24. The average Bonchev–Trinajstić information content (AvgIpc) is 3.14. The number of pyridine rings is 1. The van der Waals surface area contributed by atoms with E-state index in [4.69, 9.17) is 18.9 Å². The zero-order valence-corrected chi connectivity index (χ0v) is 17.7. The summed E-state index contributed by atoms with van der Waals surface area (Å²) in [6.45, 7) is 4.64. The van der Waals surface area contributed by atoms with E-state index in [1.165, 1.54) is 0 Å². The highest BCUT2D eigenvalue weighted by atomic mass is 32.2. The number of benzene rings is 1. The summed E-state index contributed by atoms with van der Waals surface area (Å²) in [5, 5.41) is 0.400. The molecule has 0 bridgehead atoms. The molecular formula is C20H25N3O5S. The summed E-state index contributed by atoms with van der Waals surface area (Å²) in [5.41, 5.74) is 3.01. The number of ether oxygens (including phenoxy) is 4. The standard InChI is InChI=1S/C20H25N3O5S/c1-13-18(21-8-7-19(13)28-14(2)27-10-9-25-3)12-29(24)20-22-16-6-5-15(26-4)11-17(16)23-20/h5-8,11,14H,9-10,12H2,1-4H3,(H,22,23). The maximum Gasteiger partial charge on any atom is 0.197 e. The molecule has 0 saturated heterocycles. The molecule has 3 rings (SSSR count). The first-order chi connectivity index (χ1) is 14.0. The summed E-state index contributed by atoms with van der Waals surface area (Å²) >= 11 is 0. The van der Waals surface area contributed by atoms with Gasteiger partial charge in [-0.05, 0) is 32.0 Å². The van der Waals surface area contributed by atoms with Crippen molar-refractivity contribution >= 4 is 21.8 Å². The maximum atomic E-state index is 12.9. The van der Waals surface area contributed by atoms with Crippen LogP contribution in [-0.2, 0) is 26.0 Å². The van der Waals surface area contributed by atoms with E-state index in [1.54, 1.807) is 26.5 Å². The highest BCUT2D eigenvalue weighted by molar-refractivity contribution is 7.84. The molecule has 29 heavy (non-hydrogen) atoms. The molecule has 8 nitrogen and oxygen atoms in total. The van der Waals surface area contributed by atoms with Gasteiger partial charge in [0, 0.05) is 24.9 Å². The monoisotopic (exact) mass is 419 g/mol. The Kier molecular flexibility index (Phi) is 7.18. The summed E-state index contributed by atoms with van der Waals surface area (Å²) in [7, 11) is 1.83. The van der Waals surface area contributed by atoms with Crippen LogP contribution >= 0.6 is 0 Å². The SMILES string of the molecule is COCCOC(C)Oc1ccnc(CS(=O)c2nc3ccc(OC)cc3[nH]2)c1C. The van der Waals surface area contributed by atoms with E-state index in [0.717, 1.165) is 16.6 Å². The average molecular weight is 420 g/mol. The second-order valence-electron chi connectivity index (χ2n) is 6.34. The molecule has 0 amide bonds. The molecule has 9 heteroatoms. The Morgan fingerprint density at radius 1 is 1.21 bits per heavy atom. The van der Waals surface area contributed by atoms with Crippen molar-refractivity contribution in [3.05, 3.63) is 41.7 Å². The van der Waals surface area contributed by atoms with Gasteiger partial charge >= 0.3 is 0 Å². The molecular weight excluding hydrogens is 394 g/mol. The van der Waals surface area contributed by atoms with Gasteiger partial charge in [-0.25, -0.2) is 4.98 Å². The number of nitrogens with one attached hydrogen (secondary N) is 1. The number of nitrogens with zero attached hydrogens (tertiary/aromatic N) is 2. The van der Waals surface area contributed by atoms with Gasteiger partial charge in [-0.15, -0.1) is 0 Å². The third-order valence-electron chi connectivity index (χ3n) is 4.34. The van der Waals surface area contributed by atoms with Gasteiger partial charge in [0.25, 0.3) is 0 Å². The zero-order chi connectivity index (χ0) is 20.8. The molecule has 0 aliphatic heterocycles. The van der Waals surface area contributed by atoms with E-state index in [2.05, 4.69) is 15.0 Å². The lowest BCUT2D eigenvalue weighted by molar-refractivity contribution is -0.0799. The number of rotatable bonds is 10. The molecule has 1 N–H and O–H groups in total. The van der Waals surface area contributed by atoms with E-state index in [1.807, 2.05) is 32.0 Å². The Balaban J connectivity index is 1.72. The number of aromatic amines is 1. The van der Waals surface area contributed by atoms with Crippen molar-refractivity contribution in [2.75, 3.05) is 27.4 Å². The van der Waals surface area contributed by atoms with Gasteiger partial charge in [0.15, 0.2) is 11.4 Å². The number of hydrogen-bond acceptors (Lipinski definition) is 7. The molecule has 2 aromatic heterocycles. The maximum absolute atomic E-state index is 12.9. The van der Waals surface area contributed by atoms with Gasteiger partial charge < -0.3 is 23.9 Å². The molecule has 0 aliphatic carbocycles. The summed E-state index contributed by atoms with van der Waals surface area (Å²) in [4.78, 5) is 11.9. The van der Waals surface area contributed by atoms with Crippen LogP contribution in [0.3, 0.4) is 0 Å². The van der Waals surface area contributed by atoms with Gasteiger partial charge in [-0.3, -0.25) is 9.19 Å². The Hall–Kier alpha value is -2.49. The lowest BCUT2D eigenvalue weighted by atomic mass is 10.2. The first-order valence-corrected chi connectivity index (χ1v) is 10.5. The minimum absolute atomic E-state index is 0.221. The largest absolute Gasteiger partial charge is 0.497 e. The van der Waals surface area contributed by atoms with Crippen LogP contribution in [0.4, 0.5) is 0 Å². The Bertz CT molecular complexity index is 991. The minimum atomic E-state index is -1.39. The van der Waals surface area contributed by atoms with Crippen LogP contribution in [0, 0.1) is 6.92 Å². The fraction of sp³-hybridized carbons (Fsp3) is 0.400. The summed E-state index contributed by atoms with van der Waals surface area (Å²) < 4.78 is 34.4. The normalized spacial score (nSPS) is 13.4. The topological polar surface area (TPSA) is 95.6 Å². The van der Waals surface area contributed by atoms with Crippen molar-refractivity contribution in [3.63, 3.8) is 0 Å². The van der Waals surface area contributed by atoms with Gasteiger partial charge in [0.2, 0.25) is 0 Å². The predicted octanol–water partition coefficient (Wildman–Crippen LogP) is 2.97. The van der Waals surface area contributed by atoms with E-state index in [0.29, 0.717) is 35.6 Å². The van der Waals surface area contributed by atoms with Crippen molar-refractivity contribution in [1.82, 2.24) is 15.0 Å². The minimum Gasteiger partial charge on any atom is -0.497 e. The van der Waals surface area contributed by atoms with Crippen LogP contribution in [0.2, 0.25) is 0 Å². The van der Waals surface area contributed by atoms with Crippen LogP contribution in [0.15, 0.2) is 35.6 Å². The van der Waals surface area contributed by atoms with Crippen LogP contribution < -0.4 is 9.47 Å². The van der Waals surface area contributed by atoms with E-state index >= 15 is 0 Å². The Morgan fingerprint density at radius 3 is 2.79 bits per heavy atom. The van der Waals surface area contributed by atoms with Crippen LogP contribution in [0.1, 0.15) is 18.2 Å². The van der Waals surface area contributed by atoms with Gasteiger partial charge in [0.1, 0.15) is 11.5 Å². The van der Waals surface area contributed by atoms with Crippen molar-refractivity contribution < 1.29 is 23.2 Å². The summed E-state index contributed by atoms with van der Waals surface area (Å²) in [6.07, 6.45) is 1.20. The number of H-pyrrole nitrogens is 1. The van der Waals surface area contributed by atoms with Crippen LogP contribution in [0.25, 0.3) is 11.0 Å². The fourth-order valence-electron chi connectivity index (χ4n) is 2.74. The van der Waals surface area contributed by atoms with Crippen molar-refractivity contribution in [3.8, 4) is 11.5 Å². The molecule has 0 radical (unpaired) electrons. The number of fused-ring (bicyclic) bond motifs is 1. The lowest BCUT2D eigenvalue weighted by Gasteiger charge is -2.17. The number of hydrogen-bond donors (Lipinski definition) is 1. The molecule has 3 aromatic rings. The predicted molar refractivity (Wildman–Crippen MR) is 110 cm³/mol. The number of imidazole rings is 1. The third kappa shape index (κ3) is 5.31. The summed E-state index contributed by atoms with van der Waals surface area (Å²) in [6, 6.07) is 7.24. The lowest BCUT2D eigenvalue weighted by Crippen LogP contribution is -2.19. The van der Waals surface area contributed by atoms with Gasteiger partial charge in [-0.2, -0.15) is 0 Å². The van der Waals surface area contributed by atoms with Crippen molar-refractivity contribution in [2.24, 2.45) is 0 Å². The van der Waals surface area contributed by atoms with Crippen molar-refractivity contribution in [1.29, 1.82) is 0 Å². The fourth-order valence-corrected chi connectivity index (χ4v) is 3.84. The molecule has 2 heterocycles. The first kappa shape index (κ1) is 21.2. The van der Waals surface area contributed by atoms with E-state index in [-0.39, 0.29) is 5.75 Å². The molecule has 2 atom stereocenters. The molecule has 0 aliphatic rings. The summed E-state index contributed by atoms with van der Waals surface area (Å²) in [5.74, 6) is 1.58. The molecule has 2 unspecified atom stereocenters. The number of aromatic nitrogens is 3. The quantitative estimate of drug-likeness (QED) is 0.399. The van der Waals surface area contributed by atoms with Crippen LogP contribution in [0.5, 0.6) is 11.5 Å². The zero-order valence-electron chi connectivity index (χ0n) is 16.9. The smallest absolute Gasteiger partial charge is 0.197 e. The molecule has 0 spiro atoms.